The molecule has 3 aromatic rings. The molecule has 176 valence electrons. The van der Waals surface area contributed by atoms with E-state index in [1.807, 2.05) is 37.3 Å². The molecule has 7 nitrogen and oxygen atoms in total. The average molecular weight is 478 g/mol. The topological polar surface area (TPSA) is 95.6 Å². The number of hydrogen-bond acceptors (Lipinski definition) is 4. The maximum atomic E-state index is 13.0. The average Bonchev–Trinajstić information content (AvgIpc) is 2.83. The summed E-state index contributed by atoms with van der Waals surface area (Å²) in [5.74, 6) is -0.655. The van der Waals surface area contributed by atoms with Gasteiger partial charge in [0.25, 0.3) is 11.8 Å². The first-order chi connectivity index (χ1) is 16.2. The third kappa shape index (κ3) is 5.12. The lowest BCUT2D eigenvalue weighted by Crippen LogP contribution is -2.34. The van der Waals surface area contributed by atoms with Crippen molar-refractivity contribution in [3.8, 4) is 0 Å². The van der Waals surface area contributed by atoms with Crippen LogP contribution in [0.1, 0.15) is 51.2 Å². The number of nitrogens with zero attached hydrogens (tertiary/aromatic N) is 1. The van der Waals surface area contributed by atoms with Gasteiger partial charge in [0.1, 0.15) is 0 Å². The van der Waals surface area contributed by atoms with Crippen molar-refractivity contribution < 1.29 is 18.0 Å². The van der Waals surface area contributed by atoms with Crippen molar-refractivity contribution in [2.75, 3.05) is 22.4 Å². The van der Waals surface area contributed by atoms with Crippen molar-refractivity contribution in [1.29, 1.82) is 0 Å². The number of aryl methyl sites for hydroxylation is 1. The zero-order chi connectivity index (χ0) is 24.3. The van der Waals surface area contributed by atoms with E-state index in [1.54, 1.807) is 42.5 Å². The van der Waals surface area contributed by atoms with Crippen molar-refractivity contribution in [3.63, 3.8) is 0 Å². The molecule has 1 aliphatic rings. The Labute approximate surface area is 199 Å². The molecule has 0 radical (unpaired) electrons. The van der Waals surface area contributed by atoms with Crippen LogP contribution in [0.5, 0.6) is 0 Å². The number of amides is 2. The minimum atomic E-state index is -3.38. The lowest BCUT2D eigenvalue weighted by Gasteiger charge is -2.29. The van der Waals surface area contributed by atoms with Crippen molar-refractivity contribution in [2.45, 2.75) is 25.8 Å². The van der Waals surface area contributed by atoms with Gasteiger partial charge in [-0.15, -0.1) is 0 Å². The van der Waals surface area contributed by atoms with E-state index < -0.39 is 10.0 Å². The molecule has 3 aromatic carbocycles. The fourth-order valence-electron chi connectivity index (χ4n) is 4.13. The Kier molecular flexibility index (Phi) is 6.70. The van der Waals surface area contributed by atoms with E-state index in [0.29, 0.717) is 41.9 Å². The van der Waals surface area contributed by atoms with Gasteiger partial charge in [0.15, 0.2) is 0 Å². The SMILES string of the molecule is CC(NC(=O)c1ccccc1NC(=O)c1ccc2c(c1)CCCN2S(C)(=O)=O)c1ccccc1. The molecule has 34 heavy (non-hydrogen) atoms. The van der Waals surface area contributed by atoms with Crippen molar-refractivity contribution in [1.82, 2.24) is 5.32 Å². The number of rotatable bonds is 6. The zero-order valence-corrected chi connectivity index (χ0v) is 19.9. The summed E-state index contributed by atoms with van der Waals surface area (Å²) < 4.78 is 25.5. The third-order valence-corrected chi connectivity index (χ3v) is 7.07. The second-order valence-electron chi connectivity index (χ2n) is 8.39. The Hall–Kier alpha value is -3.65. The normalized spacial score (nSPS) is 14.1. The van der Waals surface area contributed by atoms with Crippen LogP contribution in [0.25, 0.3) is 0 Å². The van der Waals surface area contributed by atoms with Gasteiger partial charge in [-0.1, -0.05) is 42.5 Å². The third-order valence-electron chi connectivity index (χ3n) is 5.89. The molecular formula is C26H27N3O4S. The van der Waals surface area contributed by atoms with Crippen LogP contribution in [-0.4, -0.2) is 33.0 Å². The highest BCUT2D eigenvalue weighted by Gasteiger charge is 2.25. The first-order valence-electron chi connectivity index (χ1n) is 11.1. The standard InChI is InChI=1S/C26H27N3O4S/c1-18(19-9-4-3-5-10-19)27-26(31)22-12-6-7-13-23(22)28-25(30)21-14-15-24-20(17-21)11-8-16-29(24)34(2,32)33/h3-7,9-10,12-15,17-18H,8,11,16H2,1-2H3,(H,27,31)(H,28,30). The van der Waals surface area contributed by atoms with E-state index in [2.05, 4.69) is 10.6 Å². The number of nitrogens with one attached hydrogen (secondary N) is 2. The van der Waals surface area contributed by atoms with Gasteiger partial charge in [-0.25, -0.2) is 8.42 Å². The van der Waals surface area contributed by atoms with E-state index in [9.17, 15) is 18.0 Å². The summed E-state index contributed by atoms with van der Waals surface area (Å²) in [4.78, 5) is 26.0. The van der Waals surface area contributed by atoms with E-state index in [-0.39, 0.29) is 17.9 Å². The summed E-state index contributed by atoms with van der Waals surface area (Å²) in [7, 11) is -3.38. The van der Waals surface area contributed by atoms with Gasteiger partial charge in [0, 0.05) is 12.1 Å². The Balaban J connectivity index is 1.53. The van der Waals surface area contributed by atoms with E-state index in [0.717, 1.165) is 11.1 Å². The van der Waals surface area contributed by atoms with Gasteiger partial charge in [-0.2, -0.15) is 0 Å². The lowest BCUT2D eigenvalue weighted by molar-refractivity contribution is 0.0940. The number of sulfonamides is 1. The Morgan fingerprint density at radius 1 is 0.941 bits per heavy atom. The molecule has 0 spiro atoms. The minimum Gasteiger partial charge on any atom is -0.345 e. The summed E-state index contributed by atoms with van der Waals surface area (Å²) in [6.07, 6.45) is 2.57. The van der Waals surface area contributed by atoms with Crippen LogP contribution in [0.3, 0.4) is 0 Å². The second-order valence-corrected chi connectivity index (χ2v) is 10.3. The molecule has 4 rings (SSSR count). The monoisotopic (exact) mass is 477 g/mol. The number of fused-ring (bicyclic) bond motifs is 1. The Morgan fingerprint density at radius 3 is 2.38 bits per heavy atom. The summed E-state index contributed by atoms with van der Waals surface area (Å²) in [6, 6.07) is 21.3. The van der Waals surface area contributed by atoms with Crippen LogP contribution in [0.15, 0.2) is 72.8 Å². The predicted octanol–water partition coefficient (Wildman–Crippen LogP) is 4.14. The number of para-hydroxylation sites is 1. The van der Waals surface area contributed by atoms with Crippen LogP contribution in [0.2, 0.25) is 0 Å². The smallest absolute Gasteiger partial charge is 0.255 e. The van der Waals surface area contributed by atoms with Gasteiger partial charge in [-0.05, 0) is 61.2 Å². The van der Waals surface area contributed by atoms with Crippen molar-refractivity contribution >= 4 is 33.2 Å². The number of benzene rings is 3. The van der Waals surface area contributed by atoms with E-state index >= 15 is 0 Å². The molecule has 0 saturated carbocycles. The van der Waals surface area contributed by atoms with Gasteiger partial charge < -0.3 is 10.6 Å². The van der Waals surface area contributed by atoms with E-state index in [1.165, 1.54) is 10.6 Å². The highest BCUT2D eigenvalue weighted by atomic mass is 32.2. The van der Waals surface area contributed by atoms with Gasteiger partial charge in [0.05, 0.1) is 29.2 Å². The van der Waals surface area contributed by atoms with Crippen LogP contribution in [0.4, 0.5) is 11.4 Å². The van der Waals surface area contributed by atoms with Gasteiger partial charge in [0.2, 0.25) is 10.0 Å². The summed E-state index contributed by atoms with van der Waals surface area (Å²) in [5, 5.41) is 5.81. The zero-order valence-electron chi connectivity index (χ0n) is 19.1. The lowest BCUT2D eigenvalue weighted by atomic mass is 10.0. The largest absolute Gasteiger partial charge is 0.345 e. The molecule has 0 saturated heterocycles. The molecule has 1 atom stereocenters. The molecule has 0 fully saturated rings. The predicted molar refractivity (Wildman–Crippen MR) is 134 cm³/mol. The first-order valence-corrected chi connectivity index (χ1v) is 13.0. The highest BCUT2D eigenvalue weighted by Crippen LogP contribution is 2.30. The van der Waals surface area contributed by atoms with Crippen molar-refractivity contribution in [2.24, 2.45) is 0 Å². The molecule has 0 aromatic heterocycles. The highest BCUT2D eigenvalue weighted by molar-refractivity contribution is 7.92. The van der Waals surface area contributed by atoms with Crippen LogP contribution >= 0.6 is 0 Å². The minimum absolute atomic E-state index is 0.198. The molecule has 2 amide bonds. The second kappa shape index (κ2) is 9.69. The van der Waals surface area contributed by atoms with E-state index in [4.69, 9.17) is 0 Å². The number of carbonyl (C=O) groups excluding carboxylic acids is 2. The molecule has 1 unspecified atom stereocenters. The van der Waals surface area contributed by atoms with Crippen LogP contribution in [-0.2, 0) is 16.4 Å². The van der Waals surface area contributed by atoms with Gasteiger partial charge in [-0.3, -0.25) is 13.9 Å². The van der Waals surface area contributed by atoms with Crippen LogP contribution < -0.4 is 14.9 Å². The molecular weight excluding hydrogens is 450 g/mol. The summed E-state index contributed by atoms with van der Waals surface area (Å²) in [6.45, 7) is 2.34. The number of carbonyl (C=O) groups is 2. The first kappa shape index (κ1) is 23.5. The molecule has 2 N–H and O–H groups in total. The fraction of sp³-hybridized carbons (Fsp3) is 0.231. The Bertz CT molecular complexity index is 1320. The fourth-order valence-corrected chi connectivity index (χ4v) is 5.13. The molecule has 0 bridgehead atoms. The van der Waals surface area contributed by atoms with Crippen molar-refractivity contribution in [3.05, 3.63) is 95.1 Å². The Morgan fingerprint density at radius 2 is 1.65 bits per heavy atom. The molecule has 1 aliphatic heterocycles. The van der Waals surface area contributed by atoms with Gasteiger partial charge >= 0.3 is 0 Å². The quantitative estimate of drug-likeness (QED) is 0.558. The maximum Gasteiger partial charge on any atom is 0.255 e. The molecule has 0 aliphatic carbocycles. The molecule has 1 heterocycles. The summed E-state index contributed by atoms with van der Waals surface area (Å²) >= 11 is 0. The summed E-state index contributed by atoms with van der Waals surface area (Å²) in [5.41, 5.74) is 3.57. The number of hydrogen-bond donors (Lipinski definition) is 2. The number of anilines is 2. The molecule has 8 heteroatoms. The van der Waals surface area contributed by atoms with Crippen LogP contribution in [0, 0.1) is 0 Å². The maximum absolute atomic E-state index is 13.0.